The second-order valence-corrected chi connectivity index (χ2v) is 11.3. The molecule has 2 amide bonds. The van der Waals surface area contributed by atoms with Gasteiger partial charge in [0.25, 0.3) is 5.91 Å². The number of hydrogen-bond donors (Lipinski definition) is 1. The Kier molecular flexibility index (Phi) is 8.48. The number of esters is 1. The van der Waals surface area contributed by atoms with Crippen LogP contribution in [-0.4, -0.2) is 40.5 Å². The smallest absolute Gasteiger partial charge is 0.341 e. The van der Waals surface area contributed by atoms with Crippen LogP contribution in [0.4, 0.5) is 5.00 Å². The number of rotatable bonds is 9. The second-order valence-electron chi connectivity index (χ2n) is 7.72. The van der Waals surface area contributed by atoms with Gasteiger partial charge in [0.2, 0.25) is 5.91 Å². The van der Waals surface area contributed by atoms with Crippen molar-refractivity contribution in [2.24, 2.45) is 4.99 Å². The quantitative estimate of drug-likeness (QED) is 0.297. The summed E-state index contributed by atoms with van der Waals surface area (Å²) < 4.78 is 8.04. The number of thioether (sulfide) groups is 1. The number of thiazole rings is 1. The molecule has 1 aliphatic carbocycles. The first kappa shape index (κ1) is 25.7. The van der Waals surface area contributed by atoms with Gasteiger partial charge in [-0.1, -0.05) is 29.0 Å². The number of benzene rings is 1. The topological polar surface area (TPSA) is 89.8 Å². The summed E-state index contributed by atoms with van der Waals surface area (Å²) >= 11 is 10.1. The fourth-order valence-electron chi connectivity index (χ4n) is 3.88. The predicted molar refractivity (Wildman–Crippen MR) is 144 cm³/mol. The fraction of sp³-hybridized carbons (Fsp3) is 0.333. The average Bonchev–Trinajstić information content (AvgIpc) is 3.47. The Morgan fingerprint density at radius 3 is 2.89 bits per heavy atom. The third-order valence-electron chi connectivity index (χ3n) is 5.29. The number of halogens is 1. The first-order chi connectivity index (χ1) is 16.9. The summed E-state index contributed by atoms with van der Waals surface area (Å²) in [6, 6.07) is 5.53. The van der Waals surface area contributed by atoms with Crippen LogP contribution in [0.25, 0.3) is 10.2 Å². The van der Waals surface area contributed by atoms with Crippen LogP contribution in [0, 0.1) is 0 Å². The number of anilines is 1. The van der Waals surface area contributed by atoms with Crippen LogP contribution in [0.1, 0.15) is 34.1 Å². The van der Waals surface area contributed by atoms with E-state index in [9.17, 15) is 14.4 Å². The van der Waals surface area contributed by atoms with E-state index in [0.717, 1.165) is 39.9 Å². The average molecular weight is 550 g/mol. The monoisotopic (exact) mass is 549 g/mol. The van der Waals surface area contributed by atoms with E-state index in [1.165, 1.54) is 34.4 Å². The molecule has 3 aromatic rings. The highest BCUT2D eigenvalue weighted by Crippen LogP contribution is 2.39. The molecule has 11 heteroatoms. The summed E-state index contributed by atoms with van der Waals surface area (Å²) in [6.45, 7) is 6.33. The molecule has 35 heavy (non-hydrogen) atoms. The number of ether oxygens (including phenoxy) is 1. The van der Waals surface area contributed by atoms with Crippen molar-refractivity contribution in [1.82, 2.24) is 4.57 Å². The van der Waals surface area contributed by atoms with Crippen molar-refractivity contribution < 1.29 is 19.1 Å². The Morgan fingerprint density at radius 1 is 1.29 bits per heavy atom. The minimum atomic E-state index is -0.402. The maximum atomic E-state index is 12.6. The molecule has 2 aromatic heterocycles. The molecule has 4 rings (SSSR count). The maximum absolute atomic E-state index is 12.6. The molecule has 184 valence electrons. The van der Waals surface area contributed by atoms with E-state index < -0.39 is 5.97 Å². The van der Waals surface area contributed by atoms with Crippen molar-refractivity contribution in [3.05, 3.63) is 56.7 Å². The fourth-order valence-corrected chi connectivity index (χ4v) is 7.11. The van der Waals surface area contributed by atoms with Crippen LogP contribution in [0.15, 0.2) is 35.8 Å². The molecule has 0 saturated carbocycles. The summed E-state index contributed by atoms with van der Waals surface area (Å²) in [5.41, 5.74) is 2.39. The lowest BCUT2D eigenvalue weighted by Crippen LogP contribution is -2.19. The molecule has 0 radical (unpaired) electrons. The third kappa shape index (κ3) is 5.88. The molecule has 0 aliphatic heterocycles. The summed E-state index contributed by atoms with van der Waals surface area (Å²) in [7, 11) is 0. The minimum absolute atomic E-state index is 0.0577. The van der Waals surface area contributed by atoms with E-state index in [4.69, 9.17) is 16.3 Å². The van der Waals surface area contributed by atoms with Crippen LogP contribution >= 0.6 is 46.0 Å². The van der Waals surface area contributed by atoms with Crippen LogP contribution in [0.3, 0.4) is 0 Å². The highest BCUT2D eigenvalue weighted by atomic mass is 35.5. The Hall–Kier alpha value is -2.40. The van der Waals surface area contributed by atoms with Gasteiger partial charge >= 0.3 is 5.97 Å². The molecule has 0 unspecified atom stereocenters. The van der Waals surface area contributed by atoms with Gasteiger partial charge in [0.1, 0.15) is 5.00 Å². The van der Waals surface area contributed by atoms with Crippen molar-refractivity contribution in [2.75, 3.05) is 23.4 Å². The van der Waals surface area contributed by atoms with Crippen LogP contribution in [-0.2, 0) is 33.7 Å². The van der Waals surface area contributed by atoms with Gasteiger partial charge in [0, 0.05) is 16.4 Å². The lowest BCUT2D eigenvalue weighted by Gasteiger charge is -2.07. The van der Waals surface area contributed by atoms with Gasteiger partial charge < -0.3 is 14.6 Å². The third-order valence-corrected chi connectivity index (χ3v) is 8.69. The molecule has 0 atom stereocenters. The number of hydrogen-bond acceptors (Lipinski definition) is 7. The van der Waals surface area contributed by atoms with Gasteiger partial charge in [0.15, 0.2) is 4.80 Å². The Labute approximate surface area is 219 Å². The zero-order chi connectivity index (χ0) is 24.9. The van der Waals surface area contributed by atoms with E-state index in [2.05, 4.69) is 16.9 Å². The summed E-state index contributed by atoms with van der Waals surface area (Å²) in [5, 5.41) is 3.99. The molecular weight excluding hydrogens is 526 g/mol. The summed E-state index contributed by atoms with van der Waals surface area (Å²) in [5.74, 6) is -0.878. The SMILES string of the molecule is C=CCn1c(=NC(=O)CSCC(=O)Nc2sc3c(c2C(=O)OCC)CCC3)sc2cc(Cl)ccc21. The molecular formula is C24H24ClN3O4S3. The lowest BCUT2D eigenvalue weighted by atomic mass is 10.1. The predicted octanol–water partition coefficient (Wildman–Crippen LogP) is 5.07. The maximum Gasteiger partial charge on any atom is 0.341 e. The van der Waals surface area contributed by atoms with Crippen molar-refractivity contribution in [3.63, 3.8) is 0 Å². The van der Waals surface area contributed by atoms with E-state index in [1.807, 2.05) is 16.7 Å². The number of allylic oxidation sites excluding steroid dienone is 1. The van der Waals surface area contributed by atoms with Crippen LogP contribution in [0.2, 0.25) is 5.02 Å². The van der Waals surface area contributed by atoms with E-state index in [0.29, 0.717) is 26.9 Å². The molecule has 1 N–H and O–H groups in total. The summed E-state index contributed by atoms with van der Waals surface area (Å²) in [4.78, 5) is 43.5. The van der Waals surface area contributed by atoms with Gasteiger partial charge in [-0.05, 0) is 49.9 Å². The number of nitrogens with one attached hydrogen (secondary N) is 1. The first-order valence-electron chi connectivity index (χ1n) is 11.1. The molecule has 1 aliphatic rings. The molecule has 0 spiro atoms. The second kappa shape index (κ2) is 11.6. The largest absolute Gasteiger partial charge is 0.462 e. The number of amides is 2. The van der Waals surface area contributed by atoms with Crippen molar-refractivity contribution in [2.45, 2.75) is 32.7 Å². The number of carbonyl (C=O) groups excluding carboxylic acids is 3. The number of aryl methyl sites for hydroxylation is 1. The molecule has 0 fully saturated rings. The van der Waals surface area contributed by atoms with E-state index in [1.54, 1.807) is 19.1 Å². The van der Waals surface area contributed by atoms with Crippen molar-refractivity contribution in [1.29, 1.82) is 0 Å². The highest BCUT2D eigenvalue weighted by molar-refractivity contribution is 8.00. The highest BCUT2D eigenvalue weighted by Gasteiger charge is 2.28. The number of aromatic nitrogens is 1. The molecule has 1 aromatic carbocycles. The molecule has 0 bridgehead atoms. The number of carbonyl (C=O) groups is 3. The standard InChI is InChI=1S/C24H24ClN3O4S3/c1-3-10-28-16-9-8-14(25)11-18(16)35-24(28)27-20(30)13-33-12-19(29)26-22-21(23(31)32-4-2)15-6-5-7-17(15)34-22/h3,8-9,11H,1,4-7,10,12-13H2,2H3,(H,26,29). The Bertz CT molecular complexity index is 1370. The molecule has 0 saturated heterocycles. The van der Waals surface area contributed by atoms with Gasteiger partial charge in [-0.3, -0.25) is 9.59 Å². The van der Waals surface area contributed by atoms with Gasteiger partial charge in [-0.25, -0.2) is 4.79 Å². The number of fused-ring (bicyclic) bond motifs is 2. The summed E-state index contributed by atoms with van der Waals surface area (Å²) in [6.07, 6.45) is 4.47. The van der Waals surface area contributed by atoms with E-state index in [-0.39, 0.29) is 29.9 Å². The zero-order valence-corrected chi connectivity index (χ0v) is 22.3. The number of nitrogens with zero attached hydrogens (tertiary/aromatic N) is 2. The number of thiophene rings is 1. The van der Waals surface area contributed by atoms with Crippen molar-refractivity contribution >= 4 is 79.0 Å². The lowest BCUT2D eigenvalue weighted by molar-refractivity contribution is -0.115. The van der Waals surface area contributed by atoms with Gasteiger partial charge in [0.05, 0.1) is 33.9 Å². The van der Waals surface area contributed by atoms with Crippen LogP contribution < -0.4 is 10.1 Å². The Balaban J connectivity index is 1.40. The van der Waals surface area contributed by atoms with Crippen LogP contribution in [0.5, 0.6) is 0 Å². The van der Waals surface area contributed by atoms with Gasteiger partial charge in [-0.15, -0.1) is 29.7 Å². The normalized spacial score (nSPS) is 13.1. The van der Waals surface area contributed by atoms with E-state index >= 15 is 0 Å². The molecule has 7 nitrogen and oxygen atoms in total. The minimum Gasteiger partial charge on any atom is -0.462 e. The van der Waals surface area contributed by atoms with Crippen molar-refractivity contribution in [3.8, 4) is 0 Å². The zero-order valence-electron chi connectivity index (χ0n) is 19.1. The Morgan fingerprint density at radius 2 is 2.11 bits per heavy atom. The first-order valence-corrected chi connectivity index (χ1v) is 14.2. The molecule has 2 heterocycles. The van der Waals surface area contributed by atoms with Gasteiger partial charge in [-0.2, -0.15) is 4.99 Å².